The van der Waals surface area contributed by atoms with Gasteiger partial charge < -0.3 is 10.2 Å². The lowest BCUT2D eigenvalue weighted by atomic mass is 9.92. The van der Waals surface area contributed by atoms with E-state index in [1.54, 1.807) is 0 Å². The highest BCUT2D eigenvalue weighted by Gasteiger charge is 2.25. The van der Waals surface area contributed by atoms with Crippen molar-refractivity contribution in [3.05, 3.63) is 76.9 Å². The van der Waals surface area contributed by atoms with Gasteiger partial charge in [-0.05, 0) is 34.2 Å². The molecule has 1 aliphatic heterocycles. The summed E-state index contributed by atoms with van der Waals surface area (Å²) in [5, 5.41) is 14.8. The summed E-state index contributed by atoms with van der Waals surface area (Å²) in [6, 6.07) is 17.1. The van der Waals surface area contributed by atoms with Crippen LogP contribution in [0.3, 0.4) is 0 Å². The first-order chi connectivity index (χ1) is 14.0. The average Bonchev–Trinajstić information content (AvgIpc) is 2.84. The lowest BCUT2D eigenvalue weighted by Gasteiger charge is -2.33. The lowest BCUT2D eigenvalue weighted by molar-refractivity contribution is -0.159. The molecule has 6 heteroatoms. The molecule has 5 nitrogen and oxygen atoms in total. The maximum Gasteiger partial charge on any atom is 0.414 e. The van der Waals surface area contributed by atoms with E-state index in [0.717, 1.165) is 13.0 Å². The monoisotopic (exact) mass is 395 g/mol. The average molecular weight is 395 g/mol. The minimum atomic E-state index is -1.82. The Morgan fingerprint density at radius 3 is 1.86 bits per heavy atom. The number of aliphatic carboxylic acids is 2. The highest BCUT2D eigenvalue weighted by Crippen LogP contribution is 2.33. The number of hydrogen-bond donors (Lipinski definition) is 2. The number of rotatable bonds is 3. The first-order valence-corrected chi connectivity index (χ1v) is 9.35. The maximum absolute atomic E-state index is 12.9. The third-order valence-electron chi connectivity index (χ3n) is 4.83. The third kappa shape index (κ3) is 5.18. The second kappa shape index (κ2) is 9.30. The van der Waals surface area contributed by atoms with Crippen molar-refractivity contribution in [2.75, 3.05) is 19.6 Å². The van der Waals surface area contributed by atoms with Crippen molar-refractivity contribution in [1.82, 2.24) is 4.90 Å². The highest BCUT2D eigenvalue weighted by atomic mass is 19.1. The van der Waals surface area contributed by atoms with Crippen LogP contribution in [-0.4, -0.2) is 52.9 Å². The van der Waals surface area contributed by atoms with Crippen LogP contribution in [0.15, 0.2) is 54.6 Å². The fraction of sp³-hybridized carbons (Fsp3) is 0.217. The Labute approximate surface area is 168 Å². The molecule has 1 fully saturated rings. The number of nitrogens with zero attached hydrogens (tertiary/aromatic N) is 1. The molecule has 4 rings (SSSR count). The van der Waals surface area contributed by atoms with Crippen molar-refractivity contribution in [2.24, 2.45) is 0 Å². The van der Waals surface area contributed by atoms with Gasteiger partial charge in [-0.15, -0.1) is 0 Å². The number of fused-ring (bicyclic) bond motifs is 2. The smallest absolute Gasteiger partial charge is 0.414 e. The Morgan fingerprint density at radius 1 is 0.931 bits per heavy atom. The number of benzene rings is 2. The van der Waals surface area contributed by atoms with Gasteiger partial charge >= 0.3 is 11.9 Å². The molecule has 2 N–H and O–H groups in total. The predicted molar refractivity (Wildman–Crippen MR) is 110 cm³/mol. The van der Waals surface area contributed by atoms with E-state index in [1.807, 2.05) is 0 Å². The highest BCUT2D eigenvalue weighted by molar-refractivity contribution is 6.27. The Bertz CT molecular complexity index is 897. The van der Waals surface area contributed by atoms with Crippen LogP contribution in [0.4, 0.5) is 4.39 Å². The van der Waals surface area contributed by atoms with Crippen LogP contribution < -0.4 is 0 Å². The molecule has 2 aromatic carbocycles. The molecular weight excluding hydrogens is 373 g/mol. The molecule has 0 spiro atoms. The second-order valence-corrected chi connectivity index (χ2v) is 6.88. The molecule has 1 heterocycles. The van der Waals surface area contributed by atoms with Crippen molar-refractivity contribution in [3.8, 4) is 0 Å². The van der Waals surface area contributed by atoms with Crippen LogP contribution >= 0.6 is 0 Å². The topological polar surface area (TPSA) is 77.8 Å². The van der Waals surface area contributed by atoms with E-state index in [0.29, 0.717) is 13.1 Å². The molecule has 1 saturated heterocycles. The first kappa shape index (κ1) is 20.5. The Morgan fingerprint density at radius 2 is 1.41 bits per heavy atom. The lowest BCUT2D eigenvalue weighted by Crippen LogP contribution is -2.48. The SMILES string of the molecule is FC1CN(CCC=C2c3ccccc3C=Cc3ccccc32)C1.O=C(O)C(=O)O. The van der Waals surface area contributed by atoms with Gasteiger partial charge in [-0.1, -0.05) is 66.8 Å². The normalized spacial score (nSPS) is 15.1. The molecule has 0 radical (unpaired) electrons. The molecule has 150 valence electrons. The van der Waals surface area contributed by atoms with Gasteiger partial charge in [0.15, 0.2) is 0 Å². The van der Waals surface area contributed by atoms with E-state index in [2.05, 4.69) is 71.7 Å². The summed E-state index contributed by atoms with van der Waals surface area (Å²) in [6.45, 7) is 2.12. The fourth-order valence-electron chi connectivity index (χ4n) is 3.40. The maximum atomic E-state index is 12.9. The summed E-state index contributed by atoms with van der Waals surface area (Å²) in [4.78, 5) is 20.4. The quantitative estimate of drug-likeness (QED) is 0.660. The number of carboxylic acid groups (broad SMARTS) is 2. The molecule has 0 atom stereocenters. The van der Waals surface area contributed by atoms with Gasteiger partial charge in [-0.3, -0.25) is 4.90 Å². The van der Waals surface area contributed by atoms with Gasteiger partial charge in [0.2, 0.25) is 0 Å². The van der Waals surface area contributed by atoms with Crippen LogP contribution in [0.1, 0.15) is 28.7 Å². The molecule has 0 amide bonds. The predicted octanol–water partition coefficient (Wildman–Crippen LogP) is 3.80. The van der Waals surface area contributed by atoms with Crippen molar-refractivity contribution in [1.29, 1.82) is 0 Å². The van der Waals surface area contributed by atoms with Crippen LogP contribution in [0, 0.1) is 0 Å². The van der Waals surface area contributed by atoms with Crippen LogP contribution in [0.2, 0.25) is 0 Å². The van der Waals surface area contributed by atoms with Gasteiger partial charge in [-0.25, -0.2) is 14.0 Å². The van der Waals surface area contributed by atoms with Crippen LogP contribution in [-0.2, 0) is 9.59 Å². The number of carboxylic acids is 2. The van der Waals surface area contributed by atoms with Crippen molar-refractivity contribution in [3.63, 3.8) is 0 Å². The minimum Gasteiger partial charge on any atom is -0.473 e. The summed E-state index contributed by atoms with van der Waals surface area (Å²) in [5.74, 6) is -3.65. The van der Waals surface area contributed by atoms with Crippen LogP contribution in [0.25, 0.3) is 17.7 Å². The molecule has 1 aliphatic carbocycles. The van der Waals surface area contributed by atoms with E-state index in [4.69, 9.17) is 19.8 Å². The van der Waals surface area contributed by atoms with Gasteiger partial charge in [0.25, 0.3) is 0 Å². The molecule has 0 bridgehead atoms. The number of likely N-dealkylation sites (tertiary alicyclic amines) is 1. The van der Waals surface area contributed by atoms with Crippen LogP contribution in [0.5, 0.6) is 0 Å². The summed E-state index contributed by atoms with van der Waals surface area (Å²) < 4.78 is 12.9. The molecule has 2 aliphatic rings. The zero-order valence-electron chi connectivity index (χ0n) is 15.8. The molecule has 0 unspecified atom stereocenters. The number of halogens is 1. The summed E-state index contributed by atoms with van der Waals surface area (Å²) in [5.41, 5.74) is 6.35. The minimum absolute atomic E-state index is 0.595. The zero-order valence-corrected chi connectivity index (χ0v) is 15.8. The van der Waals surface area contributed by atoms with Crippen molar-refractivity contribution >= 4 is 29.7 Å². The molecule has 2 aromatic rings. The Balaban J connectivity index is 0.000000353. The summed E-state index contributed by atoms with van der Waals surface area (Å²) in [7, 11) is 0. The van der Waals surface area contributed by atoms with E-state index in [-0.39, 0.29) is 0 Å². The standard InChI is InChI=1S/C21H20FN.C2H2O4/c22-18-14-23(15-18)13-5-10-21-19-8-3-1-6-16(19)11-12-17-7-2-4-9-20(17)21;3-1(4)2(5)6/h1-4,6-12,18H,5,13-15H2;(H,3,4)(H,5,6). The van der Waals surface area contributed by atoms with E-state index in [1.165, 1.54) is 27.8 Å². The fourth-order valence-corrected chi connectivity index (χ4v) is 3.40. The summed E-state index contributed by atoms with van der Waals surface area (Å²) in [6.07, 6.45) is 7.03. The summed E-state index contributed by atoms with van der Waals surface area (Å²) >= 11 is 0. The van der Waals surface area contributed by atoms with E-state index >= 15 is 0 Å². The third-order valence-corrected chi connectivity index (χ3v) is 4.83. The largest absolute Gasteiger partial charge is 0.473 e. The van der Waals surface area contributed by atoms with Gasteiger partial charge in [0, 0.05) is 19.6 Å². The second-order valence-electron chi connectivity index (χ2n) is 6.88. The number of carbonyl (C=O) groups is 2. The van der Waals surface area contributed by atoms with Gasteiger partial charge in [-0.2, -0.15) is 0 Å². The molecule has 0 saturated carbocycles. The van der Waals surface area contributed by atoms with Crippen molar-refractivity contribution < 1.29 is 24.2 Å². The molecular formula is C23H22FNO4. The van der Waals surface area contributed by atoms with Crippen molar-refractivity contribution in [2.45, 2.75) is 12.6 Å². The van der Waals surface area contributed by atoms with E-state index < -0.39 is 18.1 Å². The first-order valence-electron chi connectivity index (χ1n) is 9.35. The molecule has 29 heavy (non-hydrogen) atoms. The van der Waals surface area contributed by atoms with Gasteiger partial charge in [0.1, 0.15) is 6.17 Å². The van der Waals surface area contributed by atoms with Gasteiger partial charge in [0.05, 0.1) is 0 Å². The molecule has 0 aromatic heterocycles. The van der Waals surface area contributed by atoms with E-state index in [9.17, 15) is 4.39 Å². The zero-order chi connectivity index (χ0) is 20.8. The Kier molecular flexibility index (Phi) is 6.57. The number of hydrogen-bond acceptors (Lipinski definition) is 3. The Hall–Kier alpha value is -3.25. The number of alkyl halides is 1.